The SMILES string of the molecule is Cc1cc(Br)ccc1N1C(=O)/C(=C\c2cc(C)n(-c3sc4c(c3C#N)CCCC4)c2C)C(=O)NC1=S. The average molecular weight is 580 g/mol. The van der Waals surface area contributed by atoms with Gasteiger partial charge in [-0.3, -0.25) is 19.8 Å². The molecule has 9 heteroatoms. The fourth-order valence-corrected chi connectivity index (χ4v) is 7.17. The summed E-state index contributed by atoms with van der Waals surface area (Å²) in [6, 6.07) is 9.91. The number of thiocarbonyl (C=S) groups is 1. The molecule has 5 rings (SSSR count). The molecule has 0 unspecified atom stereocenters. The van der Waals surface area contributed by atoms with Gasteiger partial charge >= 0.3 is 0 Å². The molecule has 182 valence electrons. The van der Waals surface area contributed by atoms with Gasteiger partial charge in [0.15, 0.2) is 5.11 Å². The molecule has 2 amide bonds. The third-order valence-electron chi connectivity index (χ3n) is 6.74. The zero-order chi connectivity index (χ0) is 25.7. The van der Waals surface area contributed by atoms with Crippen molar-refractivity contribution in [3.63, 3.8) is 0 Å². The molecule has 0 bridgehead atoms. The number of hydrogen-bond donors (Lipinski definition) is 1. The van der Waals surface area contributed by atoms with Gasteiger partial charge in [0.1, 0.15) is 16.6 Å². The summed E-state index contributed by atoms with van der Waals surface area (Å²) in [5.41, 5.74) is 5.95. The van der Waals surface area contributed by atoms with Crippen molar-refractivity contribution in [3.05, 3.63) is 72.8 Å². The minimum absolute atomic E-state index is 0.0112. The number of carbonyl (C=O) groups is 2. The van der Waals surface area contributed by atoms with Crippen molar-refractivity contribution in [2.45, 2.75) is 46.5 Å². The third kappa shape index (κ3) is 4.03. The third-order valence-corrected chi connectivity index (χ3v) is 8.79. The Labute approximate surface area is 227 Å². The molecule has 1 aliphatic carbocycles. The van der Waals surface area contributed by atoms with E-state index in [9.17, 15) is 14.9 Å². The number of halogens is 1. The van der Waals surface area contributed by atoms with Crippen LogP contribution >= 0.6 is 39.5 Å². The summed E-state index contributed by atoms with van der Waals surface area (Å²) in [5, 5.41) is 13.6. The second-order valence-corrected chi connectivity index (χ2v) is 11.4. The number of anilines is 1. The van der Waals surface area contributed by atoms with E-state index < -0.39 is 11.8 Å². The monoisotopic (exact) mass is 578 g/mol. The molecule has 2 aromatic heterocycles. The number of benzene rings is 1. The van der Waals surface area contributed by atoms with E-state index in [0.717, 1.165) is 63.2 Å². The lowest BCUT2D eigenvalue weighted by Crippen LogP contribution is -2.54. The Morgan fingerprint density at radius 1 is 1.17 bits per heavy atom. The number of aryl methyl sites for hydroxylation is 3. The van der Waals surface area contributed by atoms with E-state index in [2.05, 4.69) is 31.9 Å². The Hall–Kier alpha value is -3.06. The molecule has 6 nitrogen and oxygen atoms in total. The standard InChI is InChI=1S/C27H23BrN4O2S2/c1-14-10-18(28)8-9-22(14)32-25(34)20(24(33)30-27(32)35)12-17-11-15(2)31(16(17)3)26-21(13-29)19-6-4-5-7-23(19)36-26/h8-12H,4-7H2,1-3H3,(H,30,33,35)/b20-12-. The van der Waals surface area contributed by atoms with Crippen LogP contribution in [0.1, 0.15) is 51.4 Å². The van der Waals surface area contributed by atoms with E-state index in [4.69, 9.17) is 12.2 Å². The molecule has 0 saturated carbocycles. The Morgan fingerprint density at radius 2 is 1.92 bits per heavy atom. The van der Waals surface area contributed by atoms with E-state index in [1.165, 1.54) is 15.3 Å². The highest BCUT2D eigenvalue weighted by Crippen LogP contribution is 2.38. The number of rotatable bonds is 3. The van der Waals surface area contributed by atoms with Crippen LogP contribution in [-0.2, 0) is 22.4 Å². The van der Waals surface area contributed by atoms with Gasteiger partial charge in [-0.2, -0.15) is 5.26 Å². The molecule has 1 fully saturated rings. The summed E-state index contributed by atoms with van der Waals surface area (Å²) in [6.07, 6.45) is 5.81. The lowest BCUT2D eigenvalue weighted by atomic mass is 9.96. The van der Waals surface area contributed by atoms with Gasteiger partial charge in [-0.05, 0) is 106 Å². The van der Waals surface area contributed by atoms with Crippen molar-refractivity contribution in [1.29, 1.82) is 5.26 Å². The molecule has 1 aliphatic heterocycles. The first kappa shape index (κ1) is 24.6. The number of carbonyl (C=O) groups excluding carboxylic acids is 2. The molecule has 0 atom stereocenters. The van der Waals surface area contributed by atoms with Crippen LogP contribution in [-0.4, -0.2) is 21.5 Å². The van der Waals surface area contributed by atoms with Crippen molar-refractivity contribution >= 4 is 68.2 Å². The van der Waals surface area contributed by atoms with Crippen molar-refractivity contribution in [1.82, 2.24) is 9.88 Å². The number of nitriles is 1. The van der Waals surface area contributed by atoms with Crippen LogP contribution in [0.3, 0.4) is 0 Å². The number of thiophene rings is 1. The molecule has 2 aliphatic rings. The Bertz CT molecular complexity index is 1540. The fourth-order valence-electron chi connectivity index (χ4n) is 4.97. The molecule has 1 aromatic carbocycles. The molecule has 36 heavy (non-hydrogen) atoms. The average Bonchev–Trinajstić information content (AvgIpc) is 3.33. The van der Waals surface area contributed by atoms with Crippen molar-refractivity contribution in [2.75, 3.05) is 4.90 Å². The van der Waals surface area contributed by atoms with Crippen molar-refractivity contribution in [2.24, 2.45) is 0 Å². The van der Waals surface area contributed by atoms with Crippen LogP contribution in [0.4, 0.5) is 5.69 Å². The van der Waals surface area contributed by atoms with Gasteiger partial charge in [0.05, 0.1) is 11.3 Å². The van der Waals surface area contributed by atoms with Crippen LogP contribution < -0.4 is 10.2 Å². The summed E-state index contributed by atoms with van der Waals surface area (Å²) in [5.74, 6) is -0.992. The second-order valence-electron chi connectivity index (χ2n) is 9.05. The first-order chi connectivity index (χ1) is 17.2. The quantitative estimate of drug-likeness (QED) is 0.242. The van der Waals surface area contributed by atoms with Crippen molar-refractivity contribution in [3.8, 4) is 11.1 Å². The molecular formula is C27H23BrN4O2S2. The molecular weight excluding hydrogens is 556 g/mol. The van der Waals surface area contributed by atoms with Gasteiger partial charge in [0.2, 0.25) is 0 Å². The second kappa shape index (κ2) is 9.43. The zero-order valence-corrected chi connectivity index (χ0v) is 23.3. The number of fused-ring (bicyclic) bond motifs is 1. The first-order valence-corrected chi connectivity index (χ1v) is 13.6. The van der Waals surface area contributed by atoms with E-state index in [0.29, 0.717) is 5.69 Å². The largest absolute Gasteiger partial charge is 0.308 e. The van der Waals surface area contributed by atoms with Crippen LogP contribution in [0.25, 0.3) is 11.1 Å². The van der Waals surface area contributed by atoms with Crippen LogP contribution in [0.2, 0.25) is 0 Å². The predicted molar refractivity (Wildman–Crippen MR) is 150 cm³/mol. The van der Waals surface area contributed by atoms with Gasteiger partial charge < -0.3 is 4.57 Å². The summed E-state index contributed by atoms with van der Waals surface area (Å²) in [4.78, 5) is 29.1. The van der Waals surface area contributed by atoms with Gasteiger partial charge in [0, 0.05) is 20.7 Å². The fraction of sp³-hybridized carbons (Fsp3) is 0.259. The molecule has 0 radical (unpaired) electrons. The van der Waals surface area contributed by atoms with Gasteiger partial charge in [-0.15, -0.1) is 11.3 Å². The van der Waals surface area contributed by atoms with E-state index in [1.54, 1.807) is 23.5 Å². The number of amides is 2. The highest BCUT2D eigenvalue weighted by atomic mass is 79.9. The summed E-state index contributed by atoms with van der Waals surface area (Å²) >= 11 is 10.5. The highest BCUT2D eigenvalue weighted by molar-refractivity contribution is 9.10. The van der Waals surface area contributed by atoms with E-state index in [-0.39, 0.29) is 10.7 Å². The Balaban J connectivity index is 1.58. The number of nitrogens with one attached hydrogen (secondary N) is 1. The summed E-state index contributed by atoms with van der Waals surface area (Å²) < 4.78 is 2.96. The Morgan fingerprint density at radius 3 is 2.64 bits per heavy atom. The van der Waals surface area contributed by atoms with Gasteiger partial charge in [-0.25, -0.2) is 0 Å². The number of aromatic nitrogens is 1. The Kier molecular flexibility index (Phi) is 6.45. The van der Waals surface area contributed by atoms with Crippen LogP contribution in [0, 0.1) is 32.1 Å². The number of nitrogens with zero attached hydrogens (tertiary/aromatic N) is 3. The summed E-state index contributed by atoms with van der Waals surface area (Å²) in [6.45, 7) is 5.81. The lowest BCUT2D eigenvalue weighted by Gasteiger charge is -2.30. The van der Waals surface area contributed by atoms with E-state index >= 15 is 0 Å². The molecule has 1 N–H and O–H groups in total. The topological polar surface area (TPSA) is 78.1 Å². The maximum absolute atomic E-state index is 13.5. The van der Waals surface area contributed by atoms with Gasteiger partial charge in [-0.1, -0.05) is 15.9 Å². The lowest BCUT2D eigenvalue weighted by molar-refractivity contribution is -0.122. The zero-order valence-electron chi connectivity index (χ0n) is 20.1. The molecule has 0 spiro atoms. The minimum atomic E-state index is -0.523. The van der Waals surface area contributed by atoms with Crippen LogP contribution in [0.15, 0.2) is 34.3 Å². The normalized spacial score (nSPS) is 16.8. The first-order valence-electron chi connectivity index (χ1n) is 11.6. The van der Waals surface area contributed by atoms with Crippen molar-refractivity contribution < 1.29 is 9.59 Å². The maximum atomic E-state index is 13.5. The van der Waals surface area contributed by atoms with Gasteiger partial charge in [0.25, 0.3) is 11.8 Å². The highest BCUT2D eigenvalue weighted by Gasteiger charge is 2.35. The van der Waals surface area contributed by atoms with Crippen LogP contribution in [0.5, 0.6) is 0 Å². The van der Waals surface area contributed by atoms with E-state index in [1.807, 2.05) is 39.0 Å². The maximum Gasteiger partial charge on any atom is 0.270 e. The smallest absolute Gasteiger partial charge is 0.270 e. The number of hydrogen-bond acceptors (Lipinski definition) is 5. The molecule has 3 aromatic rings. The predicted octanol–water partition coefficient (Wildman–Crippen LogP) is 5.81. The summed E-state index contributed by atoms with van der Waals surface area (Å²) in [7, 11) is 0. The minimum Gasteiger partial charge on any atom is -0.308 e. The molecule has 3 heterocycles. The molecule has 1 saturated heterocycles.